The molecule has 0 radical (unpaired) electrons. The van der Waals surface area contributed by atoms with E-state index in [4.69, 9.17) is 5.73 Å². The predicted molar refractivity (Wildman–Crippen MR) is 73.5 cm³/mol. The minimum Gasteiger partial charge on any atom is -0.383 e. The molecule has 1 aliphatic heterocycles. The number of amides is 3. The maximum atomic E-state index is 12.6. The summed E-state index contributed by atoms with van der Waals surface area (Å²) in [5.41, 5.74) is 5.80. The Morgan fingerprint density at radius 1 is 1.30 bits per heavy atom. The summed E-state index contributed by atoms with van der Waals surface area (Å²) >= 11 is 0. The number of rotatable bonds is 2. The van der Waals surface area contributed by atoms with E-state index in [0.717, 1.165) is 32.1 Å². The normalized spacial score (nSPS) is 21.3. The summed E-state index contributed by atoms with van der Waals surface area (Å²) in [5, 5.41) is 2.89. The first kappa shape index (κ1) is 12.9. The van der Waals surface area contributed by atoms with Gasteiger partial charge in [0.2, 0.25) is 0 Å². The number of hydrogen-bond donors (Lipinski definition) is 2. The van der Waals surface area contributed by atoms with Gasteiger partial charge in [-0.15, -0.1) is 0 Å². The predicted octanol–water partition coefficient (Wildman–Crippen LogP) is 1.42. The molecule has 1 saturated heterocycles. The van der Waals surface area contributed by atoms with E-state index in [-0.39, 0.29) is 18.5 Å². The van der Waals surface area contributed by atoms with Crippen molar-refractivity contribution in [1.82, 2.24) is 15.2 Å². The molecule has 1 aromatic heterocycles. The first-order chi connectivity index (χ1) is 9.62. The number of imide groups is 1. The van der Waals surface area contributed by atoms with Crippen molar-refractivity contribution in [1.29, 1.82) is 0 Å². The van der Waals surface area contributed by atoms with Crippen LogP contribution in [0.5, 0.6) is 0 Å². The summed E-state index contributed by atoms with van der Waals surface area (Å²) in [5.74, 6) is 0.239. The van der Waals surface area contributed by atoms with Crippen molar-refractivity contribution in [3.63, 3.8) is 0 Å². The Morgan fingerprint density at radius 2 is 2.05 bits per heavy atom. The molecule has 1 saturated carbocycles. The van der Waals surface area contributed by atoms with Crippen molar-refractivity contribution >= 4 is 17.8 Å². The second-order valence-corrected chi connectivity index (χ2v) is 5.51. The van der Waals surface area contributed by atoms with E-state index in [2.05, 4.69) is 10.3 Å². The van der Waals surface area contributed by atoms with Crippen LogP contribution in [0.25, 0.3) is 0 Å². The van der Waals surface area contributed by atoms with Crippen LogP contribution >= 0.6 is 0 Å². The van der Waals surface area contributed by atoms with E-state index in [1.807, 2.05) is 0 Å². The van der Waals surface area contributed by atoms with E-state index >= 15 is 0 Å². The maximum absolute atomic E-state index is 12.6. The van der Waals surface area contributed by atoms with Gasteiger partial charge in [-0.2, -0.15) is 0 Å². The molecule has 2 aliphatic rings. The average molecular weight is 274 g/mol. The molecule has 1 aromatic rings. The summed E-state index contributed by atoms with van der Waals surface area (Å²) < 4.78 is 0. The van der Waals surface area contributed by atoms with Crippen LogP contribution < -0.4 is 11.1 Å². The third-order valence-corrected chi connectivity index (χ3v) is 4.21. The summed E-state index contributed by atoms with van der Waals surface area (Å²) in [6.45, 7) is 0.187. The van der Waals surface area contributed by atoms with Crippen molar-refractivity contribution < 1.29 is 9.59 Å². The lowest BCUT2D eigenvalue weighted by molar-refractivity contribution is -0.132. The zero-order valence-corrected chi connectivity index (χ0v) is 11.3. The van der Waals surface area contributed by atoms with Crippen LogP contribution in [0.4, 0.5) is 10.6 Å². The van der Waals surface area contributed by atoms with Gasteiger partial charge < -0.3 is 11.1 Å². The molecule has 3 amide bonds. The van der Waals surface area contributed by atoms with Crippen molar-refractivity contribution in [2.75, 3.05) is 5.73 Å². The number of carbonyl (C=O) groups excluding carboxylic acids is 2. The molecule has 106 valence electrons. The third kappa shape index (κ3) is 2.01. The van der Waals surface area contributed by atoms with Gasteiger partial charge in [0.15, 0.2) is 0 Å². The Balaban J connectivity index is 1.82. The molecule has 0 aromatic carbocycles. The van der Waals surface area contributed by atoms with Gasteiger partial charge in [0, 0.05) is 11.8 Å². The van der Waals surface area contributed by atoms with Crippen LogP contribution in [0.2, 0.25) is 0 Å². The number of nitrogens with zero attached hydrogens (tertiary/aromatic N) is 2. The van der Waals surface area contributed by atoms with Crippen molar-refractivity contribution in [3.8, 4) is 0 Å². The molecule has 6 heteroatoms. The molecule has 3 N–H and O–H groups in total. The maximum Gasteiger partial charge on any atom is 0.325 e. The number of hydrogen-bond acceptors (Lipinski definition) is 4. The molecule has 0 unspecified atom stereocenters. The molecule has 20 heavy (non-hydrogen) atoms. The molecule has 1 spiro atoms. The van der Waals surface area contributed by atoms with Gasteiger partial charge in [0.25, 0.3) is 5.91 Å². The fourth-order valence-corrected chi connectivity index (χ4v) is 3.07. The Morgan fingerprint density at radius 3 is 2.75 bits per heavy atom. The zero-order valence-electron chi connectivity index (χ0n) is 11.3. The van der Waals surface area contributed by atoms with Gasteiger partial charge in [-0.3, -0.25) is 9.69 Å². The molecule has 0 atom stereocenters. The van der Waals surface area contributed by atoms with Gasteiger partial charge >= 0.3 is 6.03 Å². The molecule has 1 aliphatic carbocycles. The van der Waals surface area contributed by atoms with Crippen molar-refractivity contribution in [2.24, 2.45) is 0 Å². The molecule has 3 rings (SSSR count). The summed E-state index contributed by atoms with van der Waals surface area (Å²) in [6, 6.07) is 3.22. The molecule has 0 bridgehead atoms. The lowest BCUT2D eigenvalue weighted by Gasteiger charge is -2.30. The first-order valence-electron chi connectivity index (χ1n) is 6.96. The van der Waals surface area contributed by atoms with Crippen LogP contribution in [0.3, 0.4) is 0 Å². The van der Waals surface area contributed by atoms with E-state index in [9.17, 15) is 9.59 Å². The van der Waals surface area contributed by atoms with Crippen LogP contribution in [-0.4, -0.2) is 27.4 Å². The molecule has 6 nitrogen and oxygen atoms in total. The highest BCUT2D eigenvalue weighted by Crippen LogP contribution is 2.34. The number of nitrogen functional groups attached to an aromatic ring is 1. The van der Waals surface area contributed by atoms with E-state index < -0.39 is 5.54 Å². The standard InChI is InChI=1S/C14H18N4O2/c15-11-10(5-4-8-16-11)9-18-12(19)14(17-13(18)20)6-2-1-3-7-14/h4-5,8H,1-3,6-7,9H2,(H2,15,16)(H,17,20). The number of aromatic nitrogens is 1. The largest absolute Gasteiger partial charge is 0.383 e. The Bertz CT molecular complexity index is 552. The number of carbonyl (C=O) groups is 2. The number of anilines is 1. The highest BCUT2D eigenvalue weighted by atomic mass is 16.2. The third-order valence-electron chi connectivity index (χ3n) is 4.21. The van der Waals surface area contributed by atoms with Crippen molar-refractivity contribution in [2.45, 2.75) is 44.2 Å². The number of urea groups is 1. The summed E-state index contributed by atoms with van der Waals surface area (Å²) in [4.78, 5) is 29.9. The smallest absolute Gasteiger partial charge is 0.325 e. The summed E-state index contributed by atoms with van der Waals surface area (Å²) in [7, 11) is 0. The lowest BCUT2D eigenvalue weighted by Crippen LogP contribution is -2.48. The van der Waals surface area contributed by atoms with Gasteiger partial charge in [-0.1, -0.05) is 25.3 Å². The summed E-state index contributed by atoms with van der Waals surface area (Å²) in [6.07, 6.45) is 6.14. The SMILES string of the molecule is Nc1ncccc1CN1C(=O)NC2(CCCCC2)C1=O. The number of nitrogens with two attached hydrogens (primary N) is 1. The van der Waals surface area contributed by atoms with Gasteiger partial charge in [-0.05, 0) is 18.9 Å². The second kappa shape index (κ2) is 4.77. The zero-order chi connectivity index (χ0) is 14.2. The topological polar surface area (TPSA) is 88.3 Å². The molecular formula is C14H18N4O2. The number of pyridine rings is 1. The highest BCUT2D eigenvalue weighted by Gasteiger charge is 2.51. The van der Waals surface area contributed by atoms with Crippen LogP contribution in [-0.2, 0) is 11.3 Å². The highest BCUT2D eigenvalue weighted by molar-refractivity contribution is 6.07. The van der Waals surface area contributed by atoms with E-state index in [1.165, 1.54) is 4.90 Å². The van der Waals surface area contributed by atoms with E-state index in [0.29, 0.717) is 11.4 Å². The van der Waals surface area contributed by atoms with Gasteiger partial charge in [-0.25, -0.2) is 9.78 Å². The first-order valence-corrected chi connectivity index (χ1v) is 6.96. The fourth-order valence-electron chi connectivity index (χ4n) is 3.07. The Labute approximate surface area is 117 Å². The van der Waals surface area contributed by atoms with Crippen LogP contribution in [0, 0.1) is 0 Å². The Kier molecular flexibility index (Phi) is 3.08. The Hall–Kier alpha value is -2.11. The van der Waals surface area contributed by atoms with Crippen LogP contribution in [0.1, 0.15) is 37.7 Å². The van der Waals surface area contributed by atoms with Gasteiger partial charge in [0.05, 0.1) is 6.54 Å². The monoisotopic (exact) mass is 274 g/mol. The van der Waals surface area contributed by atoms with Crippen LogP contribution in [0.15, 0.2) is 18.3 Å². The molecule has 2 heterocycles. The average Bonchev–Trinajstić information content (AvgIpc) is 2.66. The van der Waals surface area contributed by atoms with Crippen molar-refractivity contribution in [3.05, 3.63) is 23.9 Å². The van der Waals surface area contributed by atoms with Gasteiger partial charge in [0.1, 0.15) is 11.4 Å². The minimum absolute atomic E-state index is 0.120. The minimum atomic E-state index is -0.674. The second-order valence-electron chi connectivity index (χ2n) is 5.51. The molecule has 2 fully saturated rings. The van der Waals surface area contributed by atoms with E-state index in [1.54, 1.807) is 18.3 Å². The molecular weight excluding hydrogens is 256 g/mol. The quantitative estimate of drug-likeness (QED) is 0.798. The number of nitrogens with one attached hydrogen (secondary N) is 1. The lowest BCUT2D eigenvalue weighted by atomic mass is 9.82. The fraction of sp³-hybridized carbons (Fsp3) is 0.500.